The zero-order valence-corrected chi connectivity index (χ0v) is 10.5. The van der Waals surface area contributed by atoms with E-state index in [1.54, 1.807) is 0 Å². The number of anilines is 1. The molecule has 19 heavy (non-hydrogen) atoms. The predicted molar refractivity (Wildman–Crippen MR) is 67.3 cm³/mol. The second-order valence-corrected chi connectivity index (χ2v) is 5.31. The van der Waals surface area contributed by atoms with Crippen LogP contribution in [0.15, 0.2) is 41.3 Å². The number of rotatable bonds is 3. The van der Waals surface area contributed by atoms with Crippen molar-refractivity contribution in [3.63, 3.8) is 0 Å². The lowest BCUT2D eigenvalue weighted by Gasteiger charge is -2.06. The Morgan fingerprint density at radius 1 is 1.05 bits per heavy atom. The topological polar surface area (TPSA) is 43.1 Å². The molecule has 2 nitrogen and oxygen atoms in total. The summed E-state index contributed by atoms with van der Waals surface area (Å²) in [5.41, 5.74) is 5.52. The van der Waals surface area contributed by atoms with Crippen LogP contribution in [0.3, 0.4) is 0 Å². The Kier molecular flexibility index (Phi) is 3.90. The minimum absolute atomic E-state index is 0.0606. The van der Waals surface area contributed by atoms with E-state index >= 15 is 0 Å². The minimum Gasteiger partial charge on any atom is -0.399 e. The summed E-state index contributed by atoms with van der Waals surface area (Å²) in [5, 5.41) is 0. The van der Waals surface area contributed by atoms with Gasteiger partial charge in [0.1, 0.15) is 5.82 Å². The molecule has 0 radical (unpaired) electrons. The quantitative estimate of drug-likeness (QED) is 0.881. The van der Waals surface area contributed by atoms with Gasteiger partial charge in [-0.3, -0.25) is 4.21 Å². The van der Waals surface area contributed by atoms with E-state index in [-0.39, 0.29) is 21.9 Å². The van der Waals surface area contributed by atoms with Crippen LogP contribution in [0.2, 0.25) is 0 Å². The molecule has 6 heteroatoms. The molecule has 0 aliphatic carbocycles. The standard InChI is InChI=1S/C13H10F3NOS/c14-10-3-1-2-8(13(10)16)7-19(18)12-5-4-9(17)6-11(12)15/h1-6H,7,17H2. The minimum atomic E-state index is -1.81. The van der Waals surface area contributed by atoms with Gasteiger partial charge in [-0.25, -0.2) is 13.2 Å². The molecule has 100 valence electrons. The fraction of sp³-hybridized carbons (Fsp3) is 0.0769. The van der Waals surface area contributed by atoms with E-state index < -0.39 is 28.3 Å². The van der Waals surface area contributed by atoms with Gasteiger partial charge in [0.2, 0.25) is 0 Å². The molecule has 1 atom stereocenters. The fourth-order valence-corrected chi connectivity index (χ4v) is 2.74. The summed E-state index contributed by atoms with van der Waals surface area (Å²) in [6, 6.07) is 7.30. The third-order valence-electron chi connectivity index (χ3n) is 2.52. The van der Waals surface area contributed by atoms with Crippen molar-refractivity contribution < 1.29 is 17.4 Å². The van der Waals surface area contributed by atoms with Gasteiger partial charge in [-0.05, 0) is 24.3 Å². The first-order chi connectivity index (χ1) is 8.99. The molecule has 2 aromatic carbocycles. The molecule has 0 fully saturated rings. The summed E-state index contributed by atoms with van der Waals surface area (Å²) in [7, 11) is -1.81. The number of hydrogen-bond donors (Lipinski definition) is 1. The maximum atomic E-state index is 13.5. The van der Waals surface area contributed by atoms with Gasteiger partial charge in [0.05, 0.1) is 21.4 Å². The molecule has 0 heterocycles. The monoisotopic (exact) mass is 285 g/mol. The lowest BCUT2D eigenvalue weighted by Crippen LogP contribution is -2.03. The highest BCUT2D eigenvalue weighted by atomic mass is 32.2. The van der Waals surface area contributed by atoms with E-state index in [1.165, 1.54) is 24.3 Å². The summed E-state index contributed by atoms with van der Waals surface area (Å²) in [6.45, 7) is 0. The molecule has 1 unspecified atom stereocenters. The van der Waals surface area contributed by atoms with Crippen LogP contribution < -0.4 is 5.73 Å². The van der Waals surface area contributed by atoms with Crippen molar-refractivity contribution in [1.29, 1.82) is 0 Å². The lowest BCUT2D eigenvalue weighted by atomic mass is 10.2. The molecule has 0 saturated heterocycles. The van der Waals surface area contributed by atoms with Crippen LogP contribution in [-0.2, 0) is 16.6 Å². The number of benzene rings is 2. The number of hydrogen-bond acceptors (Lipinski definition) is 2. The van der Waals surface area contributed by atoms with Crippen LogP contribution in [0.4, 0.5) is 18.9 Å². The average Bonchev–Trinajstić information content (AvgIpc) is 2.34. The molecule has 0 aromatic heterocycles. The first kappa shape index (κ1) is 13.6. The van der Waals surface area contributed by atoms with Gasteiger partial charge >= 0.3 is 0 Å². The van der Waals surface area contributed by atoms with Gasteiger partial charge in [-0.15, -0.1) is 0 Å². The molecular weight excluding hydrogens is 275 g/mol. The summed E-state index contributed by atoms with van der Waals surface area (Å²) in [5.74, 6) is -3.11. The van der Waals surface area contributed by atoms with Gasteiger partial charge in [0, 0.05) is 11.3 Å². The summed E-state index contributed by atoms with van der Waals surface area (Å²) < 4.78 is 51.9. The van der Waals surface area contributed by atoms with Crippen LogP contribution in [0.1, 0.15) is 5.56 Å². The Morgan fingerprint density at radius 3 is 2.47 bits per heavy atom. The Bertz CT molecular complexity index is 646. The average molecular weight is 285 g/mol. The molecule has 0 spiro atoms. The third-order valence-corrected chi connectivity index (χ3v) is 3.91. The van der Waals surface area contributed by atoms with Crippen molar-refractivity contribution in [2.75, 3.05) is 5.73 Å². The third kappa shape index (κ3) is 2.96. The van der Waals surface area contributed by atoms with E-state index in [0.717, 1.165) is 12.1 Å². The number of nitrogens with two attached hydrogens (primary N) is 1. The van der Waals surface area contributed by atoms with E-state index in [9.17, 15) is 17.4 Å². The Hall–Kier alpha value is -1.82. The van der Waals surface area contributed by atoms with E-state index in [1.807, 2.05) is 0 Å². The summed E-state index contributed by atoms with van der Waals surface area (Å²) in [4.78, 5) is -0.0853. The molecule has 2 rings (SSSR count). The van der Waals surface area contributed by atoms with Crippen LogP contribution in [0.5, 0.6) is 0 Å². The highest BCUT2D eigenvalue weighted by molar-refractivity contribution is 7.84. The molecule has 0 bridgehead atoms. The van der Waals surface area contributed by atoms with Gasteiger partial charge in [-0.2, -0.15) is 0 Å². The first-order valence-electron chi connectivity index (χ1n) is 5.35. The van der Waals surface area contributed by atoms with Crippen LogP contribution >= 0.6 is 0 Å². The van der Waals surface area contributed by atoms with Gasteiger partial charge in [-0.1, -0.05) is 12.1 Å². The maximum absolute atomic E-state index is 13.5. The lowest BCUT2D eigenvalue weighted by molar-refractivity contribution is 0.502. The molecular formula is C13H10F3NOS. The van der Waals surface area contributed by atoms with Crippen molar-refractivity contribution in [1.82, 2.24) is 0 Å². The highest BCUT2D eigenvalue weighted by Gasteiger charge is 2.15. The molecule has 0 aliphatic rings. The van der Waals surface area contributed by atoms with Gasteiger partial charge < -0.3 is 5.73 Å². The van der Waals surface area contributed by atoms with Crippen molar-refractivity contribution in [2.24, 2.45) is 0 Å². The highest BCUT2D eigenvalue weighted by Crippen LogP contribution is 2.20. The Labute approximate surface area is 110 Å². The second-order valence-electron chi connectivity index (χ2n) is 3.89. The van der Waals surface area contributed by atoms with Crippen molar-refractivity contribution in [3.8, 4) is 0 Å². The summed E-state index contributed by atoms with van der Waals surface area (Å²) in [6.07, 6.45) is 0. The summed E-state index contributed by atoms with van der Waals surface area (Å²) >= 11 is 0. The van der Waals surface area contributed by atoms with E-state index in [4.69, 9.17) is 5.73 Å². The van der Waals surface area contributed by atoms with Crippen LogP contribution in [0.25, 0.3) is 0 Å². The number of halogens is 3. The largest absolute Gasteiger partial charge is 0.399 e. The van der Waals surface area contributed by atoms with Crippen LogP contribution in [-0.4, -0.2) is 4.21 Å². The maximum Gasteiger partial charge on any atom is 0.162 e. The molecule has 0 saturated carbocycles. The zero-order valence-electron chi connectivity index (χ0n) is 9.70. The van der Waals surface area contributed by atoms with Crippen molar-refractivity contribution in [2.45, 2.75) is 10.6 Å². The second kappa shape index (κ2) is 5.44. The van der Waals surface area contributed by atoms with E-state index in [0.29, 0.717) is 0 Å². The fourth-order valence-electron chi connectivity index (χ4n) is 1.58. The van der Waals surface area contributed by atoms with Crippen molar-refractivity contribution >= 4 is 16.5 Å². The smallest absolute Gasteiger partial charge is 0.162 e. The predicted octanol–water partition coefficient (Wildman–Crippen LogP) is 2.99. The normalized spacial score (nSPS) is 12.4. The molecule has 2 N–H and O–H groups in total. The van der Waals surface area contributed by atoms with E-state index in [2.05, 4.69) is 0 Å². The van der Waals surface area contributed by atoms with Crippen LogP contribution in [0, 0.1) is 17.5 Å². The SMILES string of the molecule is Nc1ccc(S(=O)Cc2cccc(F)c2F)c(F)c1. The molecule has 0 amide bonds. The zero-order chi connectivity index (χ0) is 14.0. The number of nitrogen functional groups attached to an aromatic ring is 1. The Morgan fingerprint density at radius 2 is 1.79 bits per heavy atom. The van der Waals surface area contributed by atoms with Crippen molar-refractivity contribution in [3.05, 3.63) is 59.4 Å². The van der Waals surface area contributed by atoms with Gasteiger partial charge in [0.25, 0.3) is 0 Å². The molecule has 2 aromatic rings. The van der Waals surface area contributed by atoms with Gasteiger partial charge in [0.15, 0.2) is 11.6 Å². The first-order valence-corrected chi connectivity index (χ1v) is 6.67. The molecule has 0 aliphatic heterocycles. The Balaban J connectivity index is 2.28.